The van der Waals surface area contributed by atoms with Gasteiger partial charge in [-0.3, -0.25) is 9.59 Å². The Balaban J connectivity index is 1.65. The van der Waals surface area contributed by atoms with E-state index >= 15 is 0 Å². The second-order valence-corrected chi connectivity index (χ2v) is 6.45. The summed E-state index contributed by atoms with van der Waals surface area (Å²) in [5, 5.41) is 2.91. The zero-order valence-electron chi connectivity index (χ0n) is 14.3. The molecule has 1 saturated carbocycles. The number of nitrogens with zero attached hydrogens (tertiary/aromatic N) is 1. The Labute approximate surface area is 142 Å². The summed E-state index contributed by atoms with van der Waals surface area (Å²) in [4.78, 5) is 26.6. The van der Waals surface area contributed by atoms with Gasteiger partial charge in [0.1, 0.15) is 5.75 Å². The molecule has 1 aliphatic heterocycles. The van der Waals surface area contributed by atoms with Crippen molar-refractivity contribution in [3.63, 3.8) is 0 Å². The number of nitrogens with one attached hydrogen (secondary N) is 1. The molecule has 1 aliphatic carbocycles. The van der Waals surface area contributed by atoms with Crippen LogP contribution >= 0.6 is 0 Å². The summed E-state index contributed by atoms with van der Waals surface area (Å²) in [5.74, 6) is 0.657. The first-order valence-corrected chi connectivity index (χ1v) is 8.49. The quantitative estimate of drug-likeness (QED) is 0.903. The van der Waals surface area contributed by atoms with Crippen LogP contribution in [0.25, 0.3) is 0 Å². The zero-order chi connectivity index (χ0) is 17.1. The normalized spacial score (nSPS) is 20.2. The van der Waals surface area contributed by atoms with Crippen molar-refractivity contribution in [2.75, 3.05) is 14.2 Å². The molecule has 2 aliphatic rings. The minimum absolute atomic E-state index is 0.0179. The van der Waals surface area contributed by atoms with Crippen LogP contribution < -0.4 is 10.1 Å². The lowest BCUT2D eigenvalue weighted by Crippen LogP contribution is -2.33. The van der Waals surface area contributed by atoms with Gasteiger partial charge in [0.05, 0.1) is 19.6 Å². The van der Waals surface area contributed by atoms with Gasteiger partial charge in [0.2, 0.25) is 5.91 Å². The van der Waals surface area contributed by atoms with E-state index in [1.54, 1.807) is 12.0 Å². The van der Waals surface area contributed by atoms with Crippen molar-refractivity contribution in [3.8, 4) is 5.75 Å². The predicted molar refractivity (Wildman–Crippen MR) is 91.5 cm³/mol. The lowest BCUT2D eigenvalue weighted by Gasteiger charge is -2.26. The lowest BCUT2D eigenvalue weighted by molar-refractivity contribution is -0.128. The molecule has 0 aromatic heterocycles. The standard InChI is InChI=1S/C19H24N2O3/c1-21-16-9-5-4-8-14(16)15(19(21)23)11-18(22)20-12-13-7-3-6-10-17(13)24-2/h3,6-7,10,16H,4-5,8-9,11-12H2,1-2H3,(H,20,22). The van der Waals surface area contributed by atoms with Gasteiger partial charge in [0.25, 0.3) is 5.91 Å². The summed E-state index contributed by atoms with van der Waals surface area (Å²) in [6.45, 7) is 0.402. The van der Waals surface area contributed by atoms with E-state index < -0.39 is 0 Å². The Kier molecular flexibility index (Phi) is 4.88. The molecule has 0 bridgehead atoms. The fourth-order valence-electron chi connectivity index (χ4n) is 3.72. The van der Waals surface area contributed by atoms with E-state index in [1.165, 1.54) is 5.57 Å². The SMILES string of the molecule is COc1ccccc1CNC(=O)CC1=C2CCCCC2N(C)C1=O. The van der Waals surface area contributed by atoms with E-state index in [2.05, 4.69) is 5.32 Å². The molecule has 5 nitrogen and oxygen atoms in total. The molecule has 0 spiro atoms. The number of carbonyl (C=O) groups is 2. The van der Waals surface area contributed by atoms with E-state index in [0.29, 0.717) is 12.1 Å². The van der Waals surface area contributed by atoms with Crippen molar-refractivity contribution >= 4 is 11.8 Å². The fraction of sp³-hybridized carbons (Fsp3) is 0.474. The van der Waals surface area contributed by atoms with Crippen LogP contribution in [-0.2, 0) is 16.1 Å². The van der Waals surface area contributed by atoms with Crippen LogP contribution in [0, 0.1) is 0 Å². The number of carbonyl (C=O) groups excluding carboxylic acids is 2. The maximum atomic E-state index is 12.4. The molecule has 1 heterocycles. The number of hydrogen-bond donors (Lipinski definition) is 1. The first-order chi connectivity index (χ1) is 11.6. The second-order valence-electron chi connectivity index (χ2n) is 6.45. The molecule has 1 aromatic carbocycles. The number of amides is 2. The molecule has 1 fully saturated rings. The minimum Gasteiger partial charge on any atom is -0.496 e. The average molecular weight is 328 g/mol. The molecule has 1 atom stereocenters. The van der Waals surface area contributed by atoms with Crippen molar-refractivity contribution in [2.24, 2.45) is 0 Å². The summed E-state index contributed by atoms with van der Waals surface area (Å²) in [7, 11) is 3.46. The van der Waals surface area contributed by atoms with Crippen molar-refractivity contribution in [1.82, 2.24) is 10.2 Å². The summed E-state index contributed by atoms with van der Waals surface area (Å²) >= 11 is 0. The third-order valence-electron chi connectivity index (χ3n) is 5.02. The highest BCUT2D eigenvalue weighted by Gasteiger charge is 2.38. The minimum atomic E-state index is -0.114. The van der Waals surface area contributed by atoms with Gasteiger partial charge in [-0.05, 0) is 30.9 Å². The molecule has 1 unspecified atom stereocenters. The lowest BCUT2D eigenvalue weighted by atomic mass is 9.88. The molecule has 0 saturated heterocycles. The van der Waals surface area contributed by atoms with Gasteiger partial charge in [-0.15, -0.1) is 0 Å². The predicted octanol–water partition coefficient (Wildman–Crippen LogP) is 2.41. The molecule has 0 radical (unpaired) electrons. The van der Waals surface area contributed by atoms with E-state index in [0.717, 1.165) is 37.0 Å². The number of fused-ring (bicyclic) bond motifs is 1. The van der Waals surface area contributed by atoms with Crippen molar-refractivity contribution in [2.45, 2.75) is 44.7 Å². The Morgan fingerprint density at radius 2 is 2.12 bits per heavy atom. The molecule has 1 aromatic rings. The smallest absolute Gasteiger partial charge is 0.250 e. The monoisotopic (exact) mass is 328 g/mol. The van der Waals surface area contributed by atoms with Crippen molar-refractivity contribution in [3.05, 3.63) is 41.0 Å². The molecule has 24 heavy (non-hydrogen) atoms. The number of methoxy groups -OCH3 is 1. The highest BCUT2D eigenvalue weighted by atomic mass is 16.5. The van der Waals surface area contributed by atoms with Gasteiger partial charge in [-0.2, -0.15) is 0 Å². The average Bonchev–Trinajstić information content (AvgIpc) is 2.85. The Morgan fingerprint density at radius 3 is 2.92 bits per heavy atom. The Hall–Kier alpha value is -2.30. The molecule has 1 N–H and O–H groups in total. The van der Waals surface area contributed by atoms with E-state index in [1.807, 2.05) is 31.3 Å². The Morgan fingerprint density at radius 1 is 1.33 bits per heavy atom. The van der Waals surface area contributed by atoms with E-state index in [9.17, 15) is 9.59 Å². The highest BCUT2D eigenvalue weighted by Crippen LogP contribution is 2.36. The summed E-state index contributed by atoms with van der Waals surface area (Å²) < 4.78 is 5.29. The number of ether oxygens (including phenoxy) is 1. The molecule has 3 rings (SSSR count). The first-order valence-electron chi connectivity index (χ1n) is 8.49. The molecule has 2 amide bonds. The van der Waals surface area contributed by atoms with Crippen LogP contribution in [0.5, 0.6) is 5.75 Å². The number of benzene rings is 1. The summed E-state index contributed by atoms with van der Waals surface area (Å²) in [6, 6.07) is 7.81. The van der Waals surface area contributed by atoms with Crippen LogP contribution in [-0.4, -0.2) is 36.9 Å². The first kappa shape index (κ1) is 16.6. The van der Waals surface area contributed by atoms with E-state index in [-0.39, 0.29) is 24.3 Å². The van der Waals surface area contributed by atoms with Crippen molar-refractivity contribution in [1.29, 1.82) is 0 Å². The number of rotatable bonds is 5. The third kappa shape index (κ3) is 3.16. The van der Waals surface area contributed by atoms with Crippen LogP contribution in [0.15, 0.2) is 35.4 Å². The van der Waals surface area contributed by atoms with Gasteiger partial charge in [0, 0.05) is 24.7 Å². The van der Waals surface area contributed by atoms with Gasteiger partial charge >= 0.3 is 0 Å². The van der Waals surface area contributed by atoms with Gasteiger partial charge in [-0.1, -0.05) is 24.6 Å². The maximum Gasteiger partial charge on any atom is 0.250 e. The highest BCUT2D eigenvalue weighted by molar-refractivity contribution is 6.02. The number of likely N-dealkylation sites (N-methyl/N-ethyl adjacent to an activating group) is 1. The summed E-state index contributed by atoms with van der Waals surface area (Å²) in [5.41, 5.74) is 2.82. The third-order valence-corrected chi connectivity index (χ3v) is 5.02. The van der Waals surface area contributed by atoms with E-state index in [4.69, 9.17) is 4.74 Å². The summed E-state index contributed by atoms with van der Waals surface area (Å²) in [6.07, 6.45) is 4.39. The number of para-hydroxylation sites is 1. The van der Waals surface area contributed by atoms with Crippen LogP contribution in [0.2, 0.25) is 0 Å². The molecular weight excluding hydrogens is 304 g/mol. The topological polar surface area (TPSA) is 58.6 Å². The molecular formula is C19H24N2O3. The Bertz CT molecular complexity index is 681. The fourth-order valence-corrected chi connectivity index (χ4v) is 3.72. The largest absolute Gasteiger partial charge is 0.496 e. The second kappa shape index (κ2) is 7.07. The van der Waals surface area contributed by atoms with Crippen molar-refractivity contribution < 1.29 is 14.3 Å². The van der Waals surface area contributed by atoms with Crippen LogP contribution in [0.3, 0.4) is 0 Å². The molecule has 128 valence electrons. The van der Waals surface area contributed by atoms with Gasteiger partial charge < -0.3 is 15.0 Å². The van der Waals surface area contributed by atoms with Crippen LogP contribution in [0.1, 0.15) is 37.7 Å². The zero-order valence-corrected chi connectivity index (χ0v) is 14.3. The van der Waals surface area contributed by atoms with Gasteiger partial charge in [0.15, 0.2) is 0 Å². The maximum absolute atomic E-state index is 12.4. The van der Waals surface area contributed by atoms with Crippen LogP contribution in [0.4, 0.5) is 0 Å². The number of hydrogen-bond acceptors (Lipinski definition) is 3. The van der Waals surface area contributed by atoms with Gasteiger partial charge in [-0.25, -0.2) is 0 Å². The molecule has 5 heteroatoms.